The number of carbonyl (C=O) groups is 1. The number of carbonyl (C=O) groups excluding carboxylic acids is 1. The van der Waals surface area contributed by atoms with Crippen LogP contribution < -0.4 is 10.6 Å². The van der Waals surface area contributed by atoms with E-state index in [-0.39, 0.29) is 11.3 Å². The van der Waals surface area contributed by atoms with E-state index in [1.54, 1.807) is 5.32 Å². The van der Waals surface area contributed by atoms with Crippen LogP contribution in [0.25, 0.3) is 0 Å². The van der Waals surface area contributed by atoms with E-state index in [4.69, 9.17) is 5.11 Å². The quantitative estimate of drug-likeness (QED) is 0.575. The third kappa shape index (κ3) is 5.58. The molecule has 0 unspecified atom stereocenters. The number of rotatable bonds is 2. The molecule has 0 bridgehead atoms. The summed E-state index contributed by atoms with van der Waals surface area (Å²) in [5.41, 5.74) is 0.0771. The topological polar surface area (TPSA) is 61.4 Å². The van der Waals surface area contributed by atoms with Gasteiger partial charge in [-0.3, -0.25) is 0 Å². The minimum atomic E-state index is -4.53. The number of nitrogens with one attached hydrogen (secondary N) is 2. The van der Waals surface area contributed by atoms with Crippen LogP contribution in [0.4, 0.5) is 28.0 Å². The Morgan fingerprint density at radius 3 is 2.65 bits per heavy atom. The van der Waals surface area contributed by atoms with Crippen molar-refractivity contribution >= 4 is 11.7 Å². The summed E-state index contributed by atoms with van der Waals surface area (Å²) >= 11 is 0. The van der Waals surface area contributed by atoms with Crippen molar-refractivity contribution in [3.05, 3.63) is 29.6 Å². The molecule has 0 atom stereocenters. The van der Waals surface area contributed by atoms with Crippen LogP contribution in [0.1, 0.15) is 5.56 Å². The fraction of sp³-hybridized carbons (Fsp3) is 0.250. The van der Waals surface area contributed by atoms with Crippen molar-refractivity contribution in [1.29, 1.82) is 0 Å². The molecule has 2 amide bonds. The average Bonchev–Trinajstić information content (AvgIpc) is 2.36. The number of hydrogen-bond donors (Lipinski definition) is 3. The van der Waals surface area contributed by atoms with Gasteiger partial charge >= 0.3 is 12.2 Å². The SMILES string of the molecule is O=C(NCC(F)(F)F)Nc1ccc(F)cc1C#CCO. The lowest BCUT2D eigenvalue weighted by molar-refractivity contribution is -0.122. The lowest BCUT2D eigenvalue weighted by Gasteiger charge is -2.11. The van der Waals surface area contributed by atoms with Gasteiger partial charge in [-0.2, -0.15) is 13.2 Å². The van der Waals surface area contributed by atoms with E-state index in [1.807, 2.05) is 0 Å². The number of amides is 2. The lowest BCUT2D eigenvalue weighted by atomic mass is 10.1. The Labute approximate surface area is 111 Å². The van der Waals surface area contributed by atoms with Gasteiger partial charge < -0.3 is 15.7 Å². The molecule has 1 aromatic rings. The fourth-order valence-corrected chi connectivity index (χ4v) is 1.21. The predicted molar refractivity (Wildman–Crippen MR) is 63.4 cm³/mol. The molecule has 0 saturated carbocycles. The Morgan fingerprint density at radius 2 is 2.05 bits per heavy atom. The van der Waals surface area contributed by atoms with Gasteiger partial charge in [-0.1, -0.05) is 11.8 Å². The summed E-state index contributed by atoms with van der Waals surface area (Å²) in [7, 11) is 0. The highest BCUT2D eigenvalue weighted by atomic mass is 19.4. The van der Waals surface area contributed by atoms with Crippen molar-refractivity contribution in [2.75, 3.05) is 18.5 Å². The van der Waals surface area contributed by atoms with E-state index < -0.39 is 31.2 Å². The smallest absolute Gasteiger partial charge is 0.384 e. The zero-order valence-corrected chi connectivity index (χ0v) is 10.0. The second-order valence-electron chi connectivity index (χ2n) is 3.57. The molecular weight excluding hydrogens is 280 g/mol. The Bertz CT molecular complexity index is 547. The maximum atomic E-state index is 13.0. The summed E-state index contributed by atoms with van der Waals surface area (Å²) in [5.74, 6) is 3.99. The Hall–Kier alpha value is -2.27. The first-order valence-electron chi connectivity index (χ1n) is 5.32. The molecule has 20 heavy (non-hydrogen) atoms. The molecule has 0 aromatic heterocycles. The monoisotopic (exact) mass is 290 g/mol. The Kier molecular flexibility index (Phi) is 5.34. The molecule has 0 aliphatic rings. The van der Waals surface area contributed by atoms with Crippen molar-refractivity contribution in [2.45, 2.75) is 6.18 Å². The van der Waals surface area contributed by atoms with Crippen LogP contribution in [0.5, 0.6) is 0 Å². The number of aliphatic hydroxyl groups is 1. The number of alkyl halides is 3. The summed E-state index contributed by atoms with van der Waals surface area (Å²) in [4.78, 5) is 11.3. The van der Waals surface area contributed by atoms with E-state index >= 15 is 0 Å². The second kappa shape index (κ2) is 6.77. The van der Waals surface area contributed by atoms with E-state index in [2.05, 4.69) is 17.2 Å². The second-order valence-corrected chi connectivity index (χ2v) is 3.57. The molecule has 4 nitrogen and oxygen atoms in total. The van der Waals surface area contributed by atoms with Crippen LogP contribution in [0.2, 0.25) is 0 Å². The number of halogens is 4. The highest BCUT2D eigenvalue weighted by Crippen LogP contribution is 2.16. The summed E-state index contributed by atoms with van der Waals surface area (Å²) in [6.45, 7) is -1.96. The molecule has 3 N–H and O–H groups in total. The molecule has 108 valence electrons. The summed E-state index contributed by atoms with van der Waals surface area (Å²) in [6, 6.07) is 2.07. The molecule has 0 saturated heterocycles. The van der Waals surface area contributed by atoms with Gasteiger partial charge in [0.2, 0.25) is 0 Å². The first-order valence-corrected chi connectivity index (χ1v) is 5.32. The van der Waals surface area contributed by atoms with Crippen molar-refractivity contribution in [2.24, 2.45) is 0 Å². The molecule has 1 aromatic carbocycles. The number of anilines is 1. The van der Waals surface area contributed by atoms with Crippen molar-refractivity contribution in [3.63, 3.8) is 0 Å². The predicted octanol–water partition coefficient (Wildman–Crippen LogP) is 1.85. The van der Waals surface area contributed by atoms with Crippen molar-refractivity contribution in [3.8, 4) is 11.8 Å². The van der Waals surface area contributed by atoms with Crippen LogP contribution in [-0.2, 0) is 0 Å². The van der Waals surface area contributed by atoms with Crippen molar-refractivity contribution in [1.82, 2.24) is 5.32 Å². The maximum Gasteiger partial charge on any atom is 0.405 e. The van der Waals surface area contributed by atoms with Crippen LogP contribution >= 0.6 is 0 Å². The largest absolute Gasteiger partial charge is 0.405 e. The standard InChI is InChI=1S/C12H10F4N2O2/c13-9-3-4-10(8(6-9)2-1-5-19)18-11(20)17-7-12(14,15)16/h3-4,6,19H,5,7H2,(H2,17,18,20). The van der Waals surface area contributed by atoms with Crippen LogP contribution in [0.15, 0.2) is 18.2 Å². The van der Waals surface area contributed by atoms with E-state index in [0.717, 1.165) is 18.2 Å². The average molecular weight is 290 g/mol. The third-order valence-corrected chi connectivity index (χ3v) is 1.98. The van der Waals surface area contributed by atoms with E-state index in [1.165, 1.54) is 0 Å². The molecule has 0 spiro atoms. The minimum absolute atomic E-state index is 0.0343. The van der Waals surface area contributed by atoms with E-state index in [0.29, 0.717) is 0 Å². The van der Waals surface area contributed by atoms with Gasteiger partial charge in [-0.15, -0.1) is 0 Å². The summed E-state index contributed by atoms with van der Waals surface area (Å²) in [6.07, 6.45) is -4.53. The minimum Gasteiger partial charge on any atom is -0.384 e. The Morgan fingerprint density at radius 1 is 1.35 bits per heavy atom. The lowest BCUT2D eigenvalue weighted by Crippen LogP contribution is -2.36. The zero-order valence-electron chi connectivity index (χ0n) is 10.0. The molecule has 0 fully saturated rings. The first-order chi connectivity index (χ1) is 9.31. The van der Waals surface area contributed by atoms with Gasteiger partial charge in [0.1, 0.15) is 19.0 Å². The van der Waals surface area contributed by atoms with Crippen LogP contribution in [0, 0.1) is 17.7 Å². The maximum absolute atomic E-state index is 13.0. The number of benzene rings is 1. The van der Waals surface area contributed by atoms with Crippen LogP contribution in [-0.4, -0.2) is 30.5 Å². The van der Waals surface area contributed by atoms with Gasteiger partial charge in [0.15, 0.2) is 0 Å². The molecule has 0 aliphatic carbocycles. The molecule has 0 radical (unpaired) electrons. The number of urea groups is 1. The molecule has 8 heteroatoms. The number of hydrogen-bond acceptors (Lipinski definition) is 2. The normalized spacial score (nSPS) is 10.4. The fourth-order valence-electron chi connectivity index (χ4n) is 1.21. The van der Waals surface area contributed by atoms with Crippen molar-refractivity contribution < 1.29 is 27.5 Å². The first kappa shape index (κ1) is 15.8. The summed E-state index contributed by atoms with van der Waals surface area (Å²) < 4.78 is 48.7. The molecular formula is C12H10F4N2O2. The van der Waals surface area contributed by atoms with Gasteiger partial charge in [-0.05, 0) is 18.2 Å². The summed E-state index contributed by atoms with van der Waals surface area (Å²) in [5, 5.41) is 12.3. The Balaban J connectivity index is 2.79. The van der Waals surface area contributed by atoms with Gasteiger partial charge in [-0.25, -0.2) is 9.18 Å². The molecule has 0 aliphatic heterocycles. The van der Waals surface area contributed by atoms with Gasteiger partial charge in [0.05, 0.1) is 11.3 Å². The highest BCUT2D eigenvalue weighted by molar-refractivity contribution is 5.90. The zero-order chi connectivity index (χ0) is 15.2. The third-order valence-electron chi connectivity index (χ3n) is 1.98. The highest BCUT2D eigenvalue weighted by Gasteiger charge is 2.27. The van der Waals surface area contributed by atoms with Crippen LogP contribution in [0.3, 0.4) is 0 Å². The van der Waals surface area contributed by atoms with E-state index in [9.17, 15) is 22.4 Å². The molecule has 0 heterocycles. The van der Waals surface area contributed by atoms with Gasteiger partial charge in [0.25, 0.3) is 0 Å². The van der Waals surface area contributed by atoms with Gasteiger partial charge in [0, 0.05) is 0 Å². The number of aliphatic hydroxyl groups excluding tert-OH is 1. The molecule has 1 rings (SSSR count).